The monoisotopic (exact) mass is 334 g/mol. The molecule has 0 bridgehead atoms. The Kier molecular flexibility index (Phi) is 6.42. The maximum atomic E-state index is 14.1. The van der Waals surface area contributed by atoms with Gasteiger partial charge >= 0.3 is 0 Å². The van der Waals surface area contributed by atoms with Gasteiger partial charge in [-0.05, 0) is 62.1 Å². The second-order valence-electron chi connectivity index (χ2n) is 6.03. The molecule has 0 aromatic heterocycles. The summed E-state index contributed by atoms with van der Waals surface area (Å²) < 4.78 is 28.1. The minimum atomic E-state index is -0.584. The predicted molar refractivity (Wildman–Crippen MR) is 92.2 cm³/mol. The molecule has 2 rings (SSSR count). The van der Waals surface area contributed by atoms with Crippen LogP contribution in [0.25, 0.3) is 0 Å². The average Bonchev–Trinajstić information content (AvgIpc) is 2.52. The molecule has 1 fully saturated rings. The van der Waals surface area contributed by atoms with Crippen molar-refractivity contribution in [3.8, 4) is 11.8 Å². The topological polar surface area (TPSA) is 0 Å². The third kappa shape index (κ3) is 4.94. The first-order valence-electron chi connectivity index (χ1n) is 7.96. The molecule has 0 N–H and O–H groups in total. The van der Waals surface area contributed by atoms with Gasteiger partial charge in [0.2, 0.25) is 0 Å². The summed E-state index contributed by atoms with van der Waals surface area (Å²) >= 11 is 5.93. The van der Waals surface area contributed by atoms with Gasteiger partial charge in [-0.2, -0.15) is 0 Å². The molecule has 0 saturated heterocycles. The molecule has 3 heteroatoms. The lowest BCUT2D eigenvalue weighted by molar-refractivity contribution is 0.361. The molecule has 1 aromatic rings. The van der Waals surface area contributed by atoms with Crippen molar-refractivity contribution in [2.45, 2.75) is 38.5 Å². The van der Waals surface area contributed by atoms with Crippen molar-refractivity contribution in [2.75, 3.05) is 0 Å². The van der Waals surface area contributed by atoms with Crippen LogP contribution in [0.5, 0.6) is 0 Å². The Balaban J connectivity index is 2.06. The molecule has 0 heterocycles. The molecule has 0 amide bonds. The molecule has 0 spiro atoms. The van der Waals surface area contributed by atoms with Crippen molar-refractivity contribution >= 4 is 11.6 Å². The van der Waals surface area contributed by atoms with Crippen LogP contribution in [0.15, 0.2) is 36.4 Å². The van der Waals surface area contributed by atoms with E-state index in [1.54, 1.807) is 6.08 Å². The van der Waals surface area contributed by atoms with E-state index in [-0.39, 0.29) is 11.5 Å². The summed E-state index contributed by atoms with van der Waals surface area (Å²) in [4.78, 5) is 0. The van der Waals surface area contributed by atoms with Crippen LogP contribution in [0.4, 0.5) is 8.78 Å². The lowest BCUT2D eigenvalue weighted by Gasteiger charge is -2.24. The van der Waals surface area contributed by atoms with Gasteiger partial charge in [0.15, 0.2) is 0 Å². The Morgan fingerprint density at radius 1 is 1.22 bits per heavy atom. The number of aryl methyl sites for hydroxylation is 1. The van der Waals surface area contributed by atoms with Crippen molar-refractivity contribution in [3.05, 3.63) is 59.2 Å². The average molecular weight is 335 g/mol. The maximum absolute atomic E-state index is 14.1. The van der Waals surface area contributed by atoms with E-state index >= 15 is 0 Å². The molecule has 1 saturated carbocycles. The SMILES string of the molecule is C=CCCc1cc(F)c(C#C[C@H]2CC[C@H](C(=C)Cl)CC2)c(F)c1. The quantitative estimate of drug-likeness (QED) is 0.468. The van der Waals surface area contributed by atoms with E-state index in [0.717, 1.165) is 25.7 Å². The van der Waals surface area contributed by atoms with Gasteiger partial charge in [0, 0.05) is 11.0 Å². The van der Waals surface area contributed by atoms with Crippen LogP contribution in [-0.2, 0) is 6.42 Å². The Labute approximate surface area is 142 Å². The van der Waals surface area contributed by atoms with Crippen LogP contribution in [0.3, 0.4) is 0 Å². The van der Waals surface area contributed by atoms with E-state index < -0.39 is 11.6 Å². The van der Waals surface area contributed by atoms with Gasteiger partial charge < -0.3 is 0 Å². The van der Waals surface area contributed by atoms with Crippen LogP contribution in [0.1, 0.15) is 43.2 Å². The van der Waals surface area contributed by atoms with Crippen LogP contribution < -0.4 is 0 Å². The normalized spacial score (nSPS) is 20.5. The highest BCUT2D eigenvalue weighted by Crippen LogP contribution is 2.33. The van der Waals surface area contributed by atoms with Crippen molar-refractivity contribution < 1.29 is 8.78 Å². The molecule has 0 atom stereocenters. The van der Waals surface area contributed by atoms with Gasteiger partial charge in [-0.3, -0.25) is 0 Å². The fourth-order valence-corrected chi connectivity index (χ4v) is 3.10. The van der Waals surface area contributed by atoms with Crippen LogP contribution >= 0.6 is 11.6 Å². The van der Waals surface area contributed by atoms with E-state index in [9.17, 15) is 8.78 Å². The van der Waals surface area contributed by atoms with Crippen molar-refractivity contribution in [2.24, 2.45) is 11.8 Å². The van der Waals surface area contributed by atoms with Crippen molar-refractivity contribution in [1.82, 2.24) is 0 Å². The summed E-state index contributed by atoms with van der Waals surface area (Å²) in [5, 5.41) is 0.698. The van der Waals surface area contributed by atoms with Gasteiger partial charge in [-0.15, -0.1) is 6.58 Å². The zero-order valence-corrected chi connectivity index (χ0v) is 13.9. The third-order valence-corrected chi connectivity index (χ3v) is 4.62. The van der Waals surface area contributed by atoms with Gasteiger partial charge in [0.25, 0.3) is 0 Å². The first kappa shape index (κ1) is 17.8. The summed E-state index contributed by atoms with van der Waals surface area (Å²) in [6, 6.07) is 2.73. The zero-order valence-electron chi connectivity index (χ0n) is 13.2. The molecule has 1 aliphatic rings. The molecular weight excluding hydrogens is 314 g/mol. The number of allylic oxidation sites excluding steroid dienone is 2. The van der Waals surface area contributed by atoms with Crippen LogP contribution in [-0.4, -0.2) is 0 Å². The second kappa shape index (κ2) is 8.31. The molecule has 23 heavy (non-hydrogen) atoms. The summed E-state index contributed by atoms with van der Waals surface area (Å²) in [7, 11) is 0. The lowest BCUT2D eigenvalue weighted by Crippen LogP contribution is -2.13. The second-order valence-corrected chi connectivity index (χ2v) is 6.51. The molecule has 0 nitrogen and oxygen atoms in total. The summed E-state index contributed by atoms with van der Waals surface area (Å²) in [6.07, 6.45) is 6.67. The Morgan fingerprint density at radius 2 is 1.83 bits per heavy atom. The van der Waals surface area contributed by atoms with E-state index in [1.807, 2.05) is 0 Å². The highest BCUT2D eigenvalue weighted by Gasteiger charge is 2.21. The lowest BCUT2D eigenvalue weighted by atomic mass is 9.82. The number of hydrogen-bond donors (Lipinski definition) is 0. The number of hydrogen-bond acceptors (Lipinski definition) is 0. The smallest absolute Gasteiger partial charge is 0.142 e. The Morgan fingerprint density at radius 3 is 2.35 bits per heavy atom. The van der Waals surface area contributed by atoms with Crippen molar-refractivity contribution in [1.29, 1.82) is 0 Å². The maximum Gasteiger partial charge on any atom is 0.142 e. The van der Waals surface area contributed by atoms with E-state index in [2.05, 4.69) is 25.0 Å². The molecule has 122 valence electrons. The van der Waals surface area contributed by atoms with E-state index in [0.29, 0.717) is 29.4 Å². The molecule has 1 aromatic carbocycles. The largest absolute Gasteiger partial charge is 0.206 e. The highest BCUT2D eigenvalue weighted by molar-refractivity contribution is 6.29. The summed E-state index contributed by atoms with van der Waals surface area (Å²) in [5.41, 5.74) is 0.503. The number of halogens is 3. The van der Waals surface area contributed by atoms with Crippen LogP contribution in [0, 0.1) is 35.3 Å². The van der Waals surface area contributed by atoms with Crippen molar-refractivity contribution in [3.63, 3.8) is 0 Å². The minimum absolute atomic E-state index is 0.128. The molecule has 0 radical (unpaired) electrons. The summed E-state index contributed by atoms with van der Waals surface area (Å²) in [5.74, 6) is 5.07. The fraction of sp³-hybridized carbons (Fsp3) is 0.400. The van der Waals surface area contributed by atoms with Gasteiger partial charge in [-0.1, -0.05) is 36.1 Å². The first-order valence-corrected chi connectivity index (χ1v) is 8.33. The highest BCUT2D eigenvalue weighted by atomic mass is 35.5. The predicted octanol–water partition coefficient (Wildman–Crippen LogP) is 5.99. The van der Waals surface area contributed by atoms with Gasteiger partial charge in [-0.25, -0.2) is 8.78 Å². The van der Waals surface area contributed by atoms with Crippen LogP contribution in [0.2, 0.25) is 0 Å². The fourth-order valence-electron chi connectivity index (χ4n) is 2.88. The van der Waals surface area contributed by atoms with Gasteiger partial charge in [0.1, 0.15) is 11.6 Å². The number of rotatable bonds is 4. The molecular formula is C20H21ClF2. The zero-order chi connectivity index (χ0) is 16.8. The molecule has 0 unspecified atom stereocenters. The molecule has 1 aliphatic carbocycles. The molecule has 0 aliphatic heterocycles. The Hall–Kier alpha value is -1.59. The third-order valence-electron chi connectivity index (χ3n) is 4.31. The Bertz CT molecular complexity index is 620. The minimum Gasteiger partial charge on any atom is -0.206 e. The number of benzene rings is 1. The first-order chi connectivity index (χ1) is 11.0. The van der Waals surface area contributed by atoms with E-state index in [4.69, 9.17) is 11.6 Å². The standard InChI is InChI=1S/C20H21ClF2/c1-3-4-5-16-12-19(22)18(20(23)13-16)11-8-15-6-9-17(10-7-15)14(2)21/h3,12-13,15,17H,1-2,4-7,9-10H2/t15-,17-. The van der Waals surface area contributed by atoms with Gasteiger partial charge in [0.05, 0.1) is 5.56 Å². The van der Waals surface area contributed by atoms with E-state index in [1.165, 1.54) is 12.1 Å². The summed E-state index contributed by atoms with van der Waals surface area (Å²) in [6.45, 7) is 7.39.